The Kier molecular flexibility index (Phi) is 4.42. The smallest absolute Gasteiger partial charge is 0.330 e. The maximum absolute atomic E-state index is 11.4. The average Bonchev–Trinajstić information content (AvgIpc) is 3.03. The van der Waals surface area contributed by atoms with Crippen LogP contribution in [-0.2, 0) is 0 Å². The minimum atomic E-state index is -0.403. The summed E-state index contributed by atoms with van der Waals surface area (Å²) in [5.41, 5.74) is 0.494. The van der Waals surface area contributed by atoms with Crippen LogP contribution < -0.4 is 10.6 Å². The highest BCUT2D eigenvalue weighted by molar-refractivity contribution is 5.98. The van der Waals surface area contributed by atoms with Gasteiger partial charge in [0.05, 0.1) is 10.6 Å². The zero-order chi connectivity index (χ0) is 16.4. The first kappa shape index (κ1) is 15.7. The van der Waals surface area contributed by atoms with E-state index >= 15 is 0 Å². The molecule has 124 valence electrons. The molecule has 3 rings (SSSR count). The van der Waals surface area contributed by atoms with Gasteiger partial charge < -0.3 is 5.32 Å². The van der Waals surface area contributed by atoms with E-state index in [2.05, 4.69) is 27.5 Å². The van der Waals surface area contributed by atoms with Crippen molar-refractivity contribution in [2.45, 2.75) is 51.9 Å². The van der Waals surface area contributed by atoms with Crippen LogP contribution in [0.5, 0.6) is 0 Å². The highest BCUT2D eigenvalue weighted by Crippen LogP contribution is 2.24. The SMILES string of the molecule is CC1=C([N+](=O)[O-])C(n2ccnc2)=NC(NC2CCC(C)CC2)N1. The Morgan fingerprint density at radius 3 is 2.74 bits per heavy atom. The molecule has 1 fully saturated rings. The molecule has 2 aliphatic rings. The van der Waals surface area contributed by atoms with Crippen LogP contribution in [0.4, 0.5) is 0 Å². The van der Waals surface area contributed by atoms with Crippen molar-refractivity contribution in [1.29, 1.82) is 0 Å². The van der Waals surface area contributed by atoms with Crippen LogP contribution in [0, 0.1) is 16.0 Å². The van der Waals surface area contributed by atoms with Gasteiger partial charge in [0.15, 0.2) is 6.29 Å². The van der Waals surface area contributed by atoms with Gasteiger partial charge in [-0.3, -0.25) is 20.0 Å². The highest BCUT2D eigenvalue weighted by Gasteiger charge is 2.32. The molecule has 8 heteroatoms. The minimum Gasteiger partial charge on any atom is -0.349 e. The number of aliphatic imine (C=N–C) groups is 1. The summed E-state index contributed by atoms with van der Waals surface area (Å²) in [5.74, 6) is 1.09. The van der Waals surface area contributed by atoms with Gasteiger partial charge in [-0.25, -0.2) is 9.98 Å². The van der Waals surface area contributed by atoms with Gasteiger partial charge in [0, 0.05) is 18.4 Å². The number of hydrogen-bond donors (Lipinski definition) is 2. The van der Waals surface area contributed by atoms with Crippen molar-refractivity contribution in [3.8, 4) is 0 Å². The van der Waals surface area contributed by atoms with E-state index in [9.17, 15) is 10.1 Å². The first-order valence-electron chi connectivity index (χ1n) is 7.99. The zero-order valence-electron chi connectivity index (χ0n) is 13.4. The molecule has 0 aromatic carbocycles. The summed E-state index contributed by atoms with van der Waals surface area (Å²) in [6.07, 6.45) is 9.06. The Bertz CT molecular complexity index is 628. The van der Waals surface area contributed by atoms with Crippen LogP contribution in [0.3, 0.4) is 0 Å². The van der Waals surface area contributed by atoms with E-state index in [1.54, 1.807) is 23.9 Å². The molecule has 1 aromatic rings. The second-order valence-electron chi connectivity index (χ2n) is 6.32. The van der Waals surface area contributed by atoms with E-state index in [-0.39, 0.29) is 12.0 Å². The van der Waals surface area contributed by atoms with Crippen LogP contribution in [0.25, 0.3) is 0 Å². The predicted molar refractivity (Wildman–Crippen MR) is 86.2 cm³/mol. The summed E-state index contributed by atoms with van der Waals surface area (Å²) >= 11 is 0. The standard InChI is InChI=1S/C15H22N6O2/c1-10-3-5-12(6-4-10)18-15-17-11(2)13(21(22)23)14(19-15)20-8-7-16-9-20/h7-10,12,15,17-18H,3-6H2,1-2H3. The Morgan fingerprint density at radius 1 is 1.39 bits per heavy atom. The molecule has 2 N–H and O–H groups in total. The highest BCUT2D eigenvalue weighted by atomic mass is 16.6. The largest absolute Gasteiger partial charge is 0.349 e. The van der Waals surface area contributed by atoms with Crippen LogP contribution in [0.1, 0.15) is 39.5 Å². The van der Waals surface area contributed by atoms with Crippen molar-refractivity contribution in [2.75, 3.05) is 0 Å². The zero-order valence-corrected chi connectivity index (χ0v) is 13.4. The van der Waals surface area contributed by atoms with E-state index in [4.69, 9.17) is 0 Å². The number of nitro groups is 1. The van der Waals surface area contributed by atoms with Crippen LogP contribution >= 0.6 is 0 Å². The van der Waals surface area contributed by atoms with Crippen molar-refractivity contribution in [1.82, 2.24) is 20.2 Å². The molecule has 23 heavy (non-hydrogen) atoms. The molecule has 1 aromatic heterocycles. The summed E-state index contributed by atoms with van der Waals surface area (Å²) in [5, 5.41) is 18.0. The molecule has 1 atom stereocenters. The summed E-state index contributed by atoms with van der Waals surface area (Å²) in [4.78, 5) is 19.4. The number of rotatable bonds is 3. The summed E-state index contributed by atoms with van der Waals surface area (Å²) in [7, 11) is 0. The van der Waals surface area contributed by atoms with Crippen molar-refractivity contribution >= 4 is 5.84 Å². The molecule has 0 spiro atoms. The van der Waals surface area contributed by atoms with Crippen molar-refractivity contribution in [2.24, 2.45) is 10.9 Å². The lowest BCUT2D eigenvalue weighted by Gasteiger charge is -2.31. The molecule has 1 unspecified atom stereocenters. The lowest BCUT2D eigenvalue weighted by molar-refractivity contribution is -0.417. The normalized spacial score (nSPS) is 28.3. The Balaban J connectivity index is 1.80. The second kappa shape index (κ2) is 6.49. The number of nitrogens with one attached hydrogen (secondary N) is 2. The van der Waals surface area contributed by atoms with Crippen molar-refractivity contribution < 1.29 is 4.92 Å². The topological polar surface area (TPSA) is 97.4 Å². The van der Waals surface area contributed by atoms with Gasteiger partial charge in [0.25, 0.3) is 0 Å². The van der Waals surface area contributed by atoms with Crippen molar-refractivity contribution in [3.63, 3.8) is 0 Å². The maximum Gasteiger partial charge on any atom is 0.330 e. The van der Waals surface area contributed by atoms with Gasteiger partial charge in [-0.2, -0.15) is 0 Å². The molecule has 1 aliphatic heterocycles. The van der Waals surface area contributed by atoms with Gasteiger partial charge in [0.1, 0.15) is 6.33 Å². The maximum atomic E-state index is 11.4. The number of imidazole rings is 1. The van der Waals surface area contributed by atoms with E-state index < -0.39 is 4.92 Å². The average molecular weight is 318 g/mol. The fourth-order valence-corrected chi connectivity index (χ4v) is 3.18. The van der Waals surface area contributed by atoms with E-state index in [1.807, 2.05) is 0 Å². The van der Waals surface area contributed by atoms with Gasteiger partial charge in [0.2, 0.25) is 5.84 Å². The molecule has 0 radical (unpaired) electrons. The Morgan fingerprint density at radius 2 is 2.13 bits per heavy atom. The van der Waals surface area contributed by atoms with Crippen LogP contribution in [-0.4, -0.2) is 32.6 Å². The Labute approximate surface area is 134 Å². The number of nitrogens with zero attached hydrogens (tertiary/aromatic N) is 4. The third kappa shape index (κ3) is 3.42. The first-order valence-corrected chi connectivity index (χ1v) is 7.99. The fraction of sp³-hybridized carbons (Fsp3) is 0.600. The quantitative estimate of drug-likeness (QED) is 0.653. The fourth-order valence-electron chi connectivity index (χ4n) is 3.18. The molecule has 1 aliphatic carbocycles. The minimum absolute atomic E-state index is 0.0154. The summed E-state index contributed by atoms with van der Waals surface area (Å²) in [6.45, 7) is 3.99. The van der Waals surface area contributed by atoms with Crippen molar-refractivity contribution in [3.05, 3.63) is 40.2 Å². The second-order valence-corrected chi connectivity index (χ2v) is 6.32. The number of hydrogen-bond acceptors (Lipinski definition) is 6. The number of aromatic nitrogens is 2. The molecule has 0 saturated heterocycles. The molecular weight excluding hydrogens is 296 g/mol. The van der Waals surface area contributed by atoms with E-state index in [0.717, 1.165) is 18.8 Å². The van der Waals surface area contributed by atoms with Gasteiger partial charge in [-0.1, -0.05) is 6.92 Å². The van der Waals surface area contributed by atoms with Gasteiger partial charge in [-0.15, -0.1) is 0 Å². The molecule has 0 amide bonds. The summed E-state index contributed by atoms with van der Waals surface area (Å²) in [6, 6.07) is 0.390. The lowest BCUT2D eigenvalue weighted by Crippen LogP contribution is -2.50. The molecule has 8 nitrogen and oxygen atoms in total. The molecule has 0 bridgehead atoms. The Hall–Kier alpha value is -2.22. The molecule has 1 saturated carbocycles. The van der Waals surface area contributed by atoms with Crippen LogP contribution in [0.15, 0.2) is 35.1 Å². The van der Waals surface area contributed by atoms with Gasteiger partial charge >= 0.3 is 5.70 Å². The third-order valence-electron chi connectivity index (χ3n) is 4.51. The third-order valence-corrected chi connectivity index (χ3v) is 4.51. The van der Waals surface area contributed by atoms with Gasteiger partial charge in [-0.05, 0) is 38.5 Å². The van der Waals surface area contributed by atoms with Crippen LogP contribution in [0.2, 0.25) is 0 Å². The predicted octanol–water partition coefficient (Wildman–Crippen LogP) is 1.69. The van der Waals surface area contributed by atoms with E-state index in [1.165, 1.54) is 19.2 Å². The summed E-state index contributed by atoms with van der Waals surface area (Å²) < 4.78 is 1.58. The monoisotopic (exact) mass is 318 g/mol. The molecule has 2 heterocycles. The molecular formula is C15H22N6O2. The first-order chi connectivity index (χ1) is 11.0. The number of allylic oxidation sites excluding steroid dienone is 2. The lowest BCUT2D eigenvalue weighted by atomic mass is 9.87. The van der Waals surface area contributed by atoms with E-state index in [0.29, 0.717) is 17.6 Å².